The molecule has 0 bridgehead atoms. The van der Waals surface area contributed by atoms with Crippen LogP contribution in [0.3, 0.4) is 0 Å². The Bertz CT molecular complexity index is 833. The Hall–Kier alpha value is -1.03. The topological polar surface area (TPSA) is 67.1 Å². The number of rotatable bonds is 4. The van der Waals surface area contributed by atoms with Crippen LogP contribution in [0.15, 0.2) is 22.0 Å². The normalized spacial score (nSPS) is 18.2. The fourth-order valence-electron chi connectivity index (χ4n) is 2.65. The third kappa shape index (κ3) is 4.21. The van der Waals surface area contributed by atoms with E-state index in [9.17, 15) is 0 Å². The van der Waals surface area contributed by atoms with Crippen LogP contribution >= 0.6 is 46.7 Å². The highest BCUT2D eigenvalue weighted by Gasteiger charge is 2.25. The molecule has 1 fully saturated rings. The van der Waals surface area contributed by atoms with Crippen LogP contribution in [0.1, 0.15) is 23.5 Å². The van der Waals surface area contributed by atoms with Gasteiger partial charge in [0, 0.05) is 25.0 Å². The summed E-state index contributed by atoms with van der Waals surface area (Å²) in [4.78, 5) is 12.5. The van der Waals surface area contributed by atoms with Crippen molar-refractivity contribution in [3.05, 3.63) is 39.3 Å². The SMILES string of the molecule is CN1CCNCC1c1noc(Cc2csc(-c3ccc(Cl)s3)n2)n1.Cl. The minimum absolute atomic E-state index is 0. The molecule has 1 atom stereocenters. The number of likely N-dealkylation sites (N-methyl/N-ethyl adjacent to an activating group) is 1. The molecule has 0 amide bonds. The van der Waals surface area contributed by atoms with E-state index in [1.165, 1.54) is 11.3 Å². The predicted octanol–water partition coefficient (Wildman–Crippen LogP) is 3.50. The molecule has 6 nitrogen and oxygen atoms in total. The van der Waals surface area contributed by atoms with Crippen molar-refractivity contribution < 1.29 is 4.52 Å². The Labute approximate surface area is 164 Å². The summed E-state index contributed by atoms with van der Waals surface area (Å²) < 4.78 is 6.19. The van der Waals surface area contributed by atoms with E-state index in [1.54, 1.807) is 11.3 Å². The molecule has 4 rings (SSSR count). The highest BCUT2D eigenvalue weighted by Crippen LogP contribution is 2.33. The summed E-state index contributed by atoms with van der Waals surface area (Å²) in [5.41, 5.74) is 0.935. The summed E-state index contributed by atoms with van der Waals surface area (Å²) in [6, 6.07) is 4.05. The molecule has 1 aliphatic rings. The first-order valence-corrected chi connectivity index (χ1v) is 9.70. The minimum atomic E-state index is 0. The van der Waals surface area contributed by atoms with E-state index in [4.69, 9.17) is 16.1 Å². The molecule has 4 heterocycles. The molecule has 1 saturated heterocycles. The van der Waals surface area contributed by atoms with Crippen LogP contribution in [-0.4, -0.2) is 46.7 Å². The number of hydrogen-bond donors (Lipinski definition) is 1. The number of nitrogens with zero attached hydrogens (tertiary/aromatic N) is 4. The molecule has 134 valence electrons. The molecular formula is C15H17Cl2N5OS2. The van der Waals surface area contributed by atoms with Gasteiger partial charge in [-0.2, -0.15) is 4.98 Å². The number of thiophene rings is 1. The van der Waals surface area contributed by atoms with Crippen LogP contribution in [0, 0.1) is 0 Å². The first kappa shape index (κ1) is 18.8. The number of hydrogen-bond acceptors (Lipinski definition) is 8. The summed E-state index contributed by atoms with van der Waals surface area (Å²) in [5, 5.41) is 10.5. The van der Waals surface area contributed by atoms with Crippen LogP contribution in [0.5, 0.6) is 0 Å². The molecule has 1 aliphatic heterocycles. The number of thiazole rings is 1. The van der Waals surface area contributed by atoms with Gasteiger partial charge in [0.1, 0.15) is 5.01 Å². The average Bonchev–Trinajstić information content (AvgIpc) is 3.29. The third-order valence-corrected chi connectivity index (χ3v) is 6.25. The average molecular weight is 418 g/mol. The van der Waals surface area contributed by atoms with Crippen molar-refractivity contribution in [2.24, 2.45) is 0 Å². The van der Waals surface area contributed by atoms with E-state index >= 15 is 0 Å². The molecule has 10 heteroatoms. The van der Waals surface area contributed by atoms with Crippen LogP contribution in [0.25, 0.3) is 9.88 Å². The van der Waals surface area contributed by atoms with E-state index in [1.807, 2.05) is 17.5 Å². The van der Waals surface area contributed by atoms with Gasteiger partial charge in [-0.25, -0.2) is 4.98 Å². The van der Waals surface area contributed by atoms with Crippen molar-refractivity contribution >= 4 is 46.7 Å². The highest BCUT2D eigenvalue weighted by atomic mass is 35.5. The molecule has 3 aromatic heterocycles. The summed E-state index contributed by atoms with van der Waals surface area (Å²) in [7, 11) is 2.08. The molecule has 0 aliphatic carbocycles. The van der Waals surface area contributed by atoms with Gasteiger partial charge >= 0.3 is 0 Å². The predicted molar refractivity (Wildman–Crippen MR) is 103 cm³/mol. The van der Waals surface area contributed by atoms with Gasteiger partial charge in [0.25, 0.3) is 0 Å². The number of halogens is 2. The van der Waals surface area contributed by atoms with Crippen LogP contribution in [-0.2, 0) is 6.42 Å². The van der Waals surface area contributed by atoms with Gasteiger partial charge in [0.05, 0.1) is 27.4 Å². The second-order valence-corrected chi connectivity index (χ2v) is 8.24. The second kappa shape index (κ2) is 8.11. The Morgan fingerprint density at radius 1 is 1.40 bits per heavy atom. The minimum Gasteiger partial charge on any atom is -0.339 e. The molecule has 0 radical (unpaired) electrons. The standard InChI is InChI=1S/C15H16ClN5OS2.ClH/c1-21-5-4-17-7-10(21)14-19-13(22-20-14)6-9-8-23-15(18-9)11-2-3-12(16)24-11;/h2-3,8,10,17H,4-7H2,1H3;1H. The zero-order chi connectivity index (χ0) is 16.5. The van der Waals surface area contributed by atoms with Crippen molar-refractivity contribution in [1.82, 2.24) is 25.3 Å². The number of aromatic nitrogens is 3. The lowest BCUT2D eigenvalue weighted by Gasteiger charge is -2.30. The van der Waals surface area contributed by atoms with Gasteiger partial charge in [-0.3, -0.25) is 4.90 Å². The maximum absolute atomic E-state index is 5.99. The van der Waals surface area contributed by atoms with Crippen molar-refractivity contribution in [2.45, 2.75) is 12.5 Å². The maximum Gasteiger partial charge on any atom is 0.232 e. The van der Waals surface area contributed by atoms with Crippen molar-refractivity contribution in [2.75, 3.05) is 26.7 Å². The molecule has 3 aromatic rings. The van der Waals surface area contributed by atoms with Gasteiger partial charge in [-0.15, -0.1) is 35.1 Å². The van der Waals surface area contributed by atoms with Gasteiger partial charge < -0.3 is 9.84 Å². The van der Waals surface area contributed by atoms with Crippen molar-refractivity contribution in [3.63, 3.8) is 0 Å². The lowest BCUT2D eigenvalue weighted by molar-refractivity contribution is 0.190. The Morgan fingerprint density at radius 3 is 3.04 bits per heavy atom. The molecule has 1 unspecified atom stereocenters. The van der Waals surface area contributed by atoms with Crippen LogP contribution in [0.4, 0.5) is 0 Å². The van der Waals surface area contributed by atoms with Gasteiger partial charge in [-0.05, 0) is 19.2 Å². The Balaban J connectivity index is 0.00000182. The van der Waals surface area contributed by atoms with Crippen LogP contribution < -0.4 is 5.32 Å². The quantitative estimate of drug-likeness (QED) is 0.700. The second-order valence-electron chi connectivity index (χ2n) is 5.67. The molecule has 1 N–H and O–H groups in total. The molecule has 0 saturated carbocycles. The molecular weight excluding hydrogens is 401 g/mol. The van der Waals surface area contributed by atoms with E-state index in [0.29, 0.717) is 12.3 Å². The summed E-state index contributed by atoms with van der Waals surface area (Å²) in [5.74, 6) is 1.34. The maximum atomic E-state index is 5.99. The van der Waals surface area contributed by atoms with Crippen molar-refractivity contribution in [3.8, 4) is 9.88 Å². The van der Waals surface area contributed by atoms with Gasteiger partial charge in [0.15, 0.2) is 5.82 Å². The number of piperazine rings is 1. The third-order valence-electron chi connectivity index (χ3n) is 3.96. The molecule has 0 spiro atoms. The first-order valence-electron chi connectivity index (χ1n) is 7.62. The monoisotopic (exact) mass is 417 g/mol. The van der Waals surface area contributed by atoms with E-state index in [-0.39, 0.29) is 18.4 Å². The largest absolute Gasteiger partial charge is 0.339 e. The van der Waals surface area contributed by atoms with Gasteiger partial charge in [-0.1, -0.05) is 16.8 Å². The van der Waals surface area contributed by atoms with E-state index in [2.05, 4.69) is 32.4 Å². The zero-order valence-electron chi connectivity index (χ0n) is 13.4. The Morgan fingerprint density at radius 2 is 2.28 bits per heavy atom. The zero-order valence-corrected chi connectivity index (χ0v) is 16.6. The lowest BCUT2D eigenvalue weighted by Crippen LogP contribution is -2.44. The smallest absolute Gasteiger partial charge is 0.232 e. The summed E-state index contributed by atoms with van der Waals surface area (Å²) in [6.45, 7) is 2.81. The van der Waals surface area contributed by atoms with E-state index in [0.717, 1.165) is 45.4 Å². The Kier molecular flexibility index (Phi) is 6.08. The lowest BCUT2D eigenvalue weighted by atomic mass is 10.2. The van der Waals surface area contributed by atoms with E-state index < -0.39 is 0 Å². The molecule has 0 aromatic carbocycles. The fraction of sp³-hybridized carbons (Fsp3) is 0.400. The highest BCUT2D eigenvalue weighted by molar-refractivity contribution is 7.23. The number of nitrogens with one attached hydrogen (secondary N) is 1. The summed E-state index contributed by atoms with van der Waals surface area (Å²) in [6.07, 6.45) is 0.548. The fourth-order valence-corrected chi connectivity index (χ4v) is 4.59. The van der Waals surface area contributed by atoms with Crippen molar-refractivity contribution in [1.29, 1.82) is 0 Å². The summed E-state index contributed by atoms with van der Waals surface area (Å²) >= 11 is 9.12. The van der Waals surface area contributed by atoms with Crippen LogP contribution in [0.2, 0.25) is 4.34 Å². The first-order chi connectivity index (χ1) is 11.7. The molecule has 25 heavy (non-hydrogen) atoms. The van der Waals surface area contributed by atoms with Gasteiger partial charge in [0.2, 0.25) is 5.89 Å².